The van der Waals surface area contributed by atoms with E-state index < -0.39 is 11.8 Å². The summed E-state index contributed by atoms with van der Waals surface area (Å²) in [5.74, 6) is 0.0625. The van der Waals surface area contributed by atoms with Crippen molar-refractivity contribution in [2.24, 2.45) is 0 Å². The summed E-state index contributed by atoms with van der Waals surface area (Å²) in [4.78, 5) is 29.1. The molecule has 0 bridgehead atoms. The predicted molar refractivity (Wildman–Crippen MR) is 95.9 cm³/mol. The second-order valence-electron chi connectivity index (χ2n) is 6.97. The number of hydrogen-bond donors (Lipinski definition) is 0. The molecule has 0 aromatic heterocycles. The van der Waals surface area contributed by atoms with Crippen LogP contribution in [0.25, 0.3) is 0 Å². The predicted octanol–water partition coefficient (Wildman–Crippen LogP) is 1.17. The van der Waals surface area contributed by atoms with Gasteiger partial charge in [0.2, 0.25) is 5.91 Å². The molecule has 1 aromatic carbocycles. The van der Waals surface area contributed by atoms with Crippen LogP contribution in [0.2, 0.25) is 0 Å². The van der Waals surface area contributed by atoms with Gasteiger partial charge in [-0.25, -0.2) is 4.90 Å². The fourth-order valence-corrected chi connectivity index (χ4v) is 4.09. The Kier molecular flexibility index (Phi) is 4.79. The van der Waals surface area contributed by atoms with Gasteiger partial charge in [0.1, 0.15) is 11.5 Å². The topological polar surface area (TPSA) is 77.5 Å². The summed E-state index contributed by atoms with van der Waals surface area (Å²) in [7, 11) is 3.05. The molecule has 0 saturated carbocycles. The summed E-state index contributed by atoms with van der Waals surface area (Å²) in [6, 6.07) is 4.62. The van der Waals surface area contributed by atoms with Gasteiger partial charge >= 0.3 is 0 Å². The summed E-state index contributed by atoms with van der Waals surface area (Å²) in [5.41, 5.74) is 0.422. The van der Waals surface area contributed by atoms with Crippen molar-refractivity contribution in [1.29, 1.82) is 0 Å². The van der Waals surface area contributed by atoms with Gasteiger partial charge in [0, 0.05) is 32.0 Å². The molecule has 2 amide bonds. The highest BCUT2D eigenvalue weighted by molar-refractivity contribution is 6.23. The molecule has 8 heteroatoms. The number of ether oxygens (including phenoxy) is 4. The van der Waals surface area contributed by atoms with Crippen LogP contribution >= 0.6 is 0 Å². The van der Waals surface area contributed by atoms with Crippen molar-refractivity contribution < 1.29 is 28.5 Å². The SMILES string of the molecule is COc1ccc(OC)c(N2C(=O)C[C@H](N3CCC4(CC3)OCCO4)C2=O)c1. The van der Waals surface area contributed by atoms with Gasteiger partial charge in [-0.2, -0.15) is 0 Å². The lowest BCUT2D eigenvalue weighted by atomic mass is 10.0. The first kappa shape index (κ1) is 18.2. The Morgan fingerprint density at radius 3 is 2.41 bits per heavy atom. The zero-order valence-electron chi connectivity index (χ0n) is 15.6. The Bertz CT molecular complexity index is 736. The van der Waals surface area contributed by atoms with Crippen molar-refractivity contribution in [3.8, 4) is 11.5 Å². The number of imide groups is 1. The molecule has 3 heterocycles. The molecule has 8 nitrogen and oxygen atoms in total. The van der Waals surface area contributed by atoms with Crippen molar-refractivity contribution in [2.45, 2.75) is 31.1 Å². The smallest absolute Gasteiger partial charge is 0.251 e. The summed E-state index contributed by atoms with van der Waals surface area (Å²) in [6.45, 7) is 2.55. The molecular weight excluding hydrogens is 352 g/mol. The van der Waals surface area contributed by atoms with Gasteiger partial charge in [0.05, 0.1) is 45.6 Å². The summed E-state index contributed by atoms with van der Waals surface area (Å²) in [6.07, 6.45) is 1.56. The Balaban J connectivity index is 1.53. The second kappa shape index (κ2) is 7.10. The van der Waals surface area contributed by atoms with E-state index in [0.29, 0.717) is 56.3 Å². The molecule has 1 atom stereocenters. The molecular formula is C19H24N2O6. The van der Waals surface area contributed by atoms with Crippen LogP contribution in [0.15, 0.2) is 18.2 Å². The number of piperidine rings is 1. The minimum atomic E-state index is -0.502. The van der Waals surface area contributed by atoms with Gasteiger partial charge in [-0.3, -0.25) is 14.5 Å². The third-order valence-corrected chi connectivity index (χ3v) is 5.56. The van der Waals surface area contributed by atoms with Crippen molar-refractivity contribution in [1.82, 2.24) is 4.90 Å². The van der Waals surface area contributed by atoms with Crippen LogP contribution in [0.3, 0.4) is 0 Å². The third-order valence-electron chi connectivity index (χ3n) is 5.56. The molecule has 0 radical (unpaired) electrons. The lowest BCUT2D eigenvalue weighted by Gasteiger charge is -2.39. The monoisotopic (exact) mass is 376 g/mol. The van der Waals surface area contributed by atoms with E-state index in [-0.39, 0.29) is 18.2 Å². The molecule has 3 aliphatic rings. The molecule has 3 aliphatic heterocycles. The van der Waals surface area contributed by atoms with Crippen molar-refractivity contribution in [3.63, 3.8) is 0 Å². The molecule has 3 saturated heterocycles. The number of nitrogens with zero attached hydrogens (tertiary/aromatic N) is 2. The summed E-state index contributed by atoms with van der Waals surface area (Å²) in [5, 5.41) is 0. The lowest BCUT2D eigenvalue weighted by Crippen LogP contribution is -2.51. The van der Waals surface area contributed by atoms with E-state index in [9.17, 15) is 9.59 Å². The van der Waals surface area contributed by atoms with E-state index in [0.717, 1.165) is 0 Å². The molecule has 1 spiro atoms. The summed E-state index contributed by atoms with van der Waals surface area (Å²) < 4.78 is 22.1. The molecule has 1 aromatic rings. The van der Waals surface area contributed by atoms with Gasteiger partial charge in [0.15, 0.2) is 5.79 Å². The molecule has 3 fully saturated rings. The largest absolute Gasteiger partial charge is 0.497 e. The maximum atomic E-state index is 13.1. The van der Waals surface area contributed by atoms with Gasteiger partial charge in [-0.1, -0.05) is 0 Å². The minimum Gasteiger partial charge on any atom is -0.497 e. The minimum absolute atomic E-state index is 0.161. The maximum Gasteiger partial charge on any atom is 0.251 e. The van der Waals surface area contributed by atoms with Crippen LogP contribution in [-0.2, 0) is 19.1 Å². The van der Waals surface area contributed by atoms with Crippen LogP contribution in [0.5, 0.6) is 11.5 Å². The third kappa shape index (κ3) is 3.18. The number of benzene rings is 1. The zero-order valence-corrected chi connectivity index (χ0v) is 15.6. The highest BCUT2D eigenvalue weighted by atomic mass is 16.7. The Labute approximate surface area is 157 Å². The van der Waals surface area contributed by atoms with E-state index >= 15 is 0 Å². The highest BCUT2D eigenvalue weighted by Gasteiger charge is 2.47. The van der Waals surface area contributed by atoms with Crippen LogP contribution in [-0.4, -0.2) is 69.1 Å². The second-order valence-corrected chi connectivity index (χ2v) is 6.97. The van der Waals surface area contributed by atoms with Crippen LogP contribution < -0.4 is 14.4 Å². The first-order valence-corrected chi connectivity index (χ1v) is 9.18. The fourth-order valence-electron chi connectivity index (χ4n) is 4.09. The van der Waals surface area contributed by atoms with Crippen LogP contribution in [0, 0.1) is 0 Å². The number of likely N-dealkylation sites (tertiary alicyclic amines) is 1. The van der Waals surface area contributed by atoms with Crippen molar-refractivity contribution in [2.75, 3.05) is 45.4 Å². The first-order valence-electron chi connectivity index (χ1n) is 9.18. The quantitative estimate of drug-likeness (QED) is 0.730. The molecule has 146 valence electrons. The fraction of sp³-hybridized carbons (Fsp3) is 0.579. The molecule has 0 N–H and O–H groups in total. The molecule has 0 unspecified atom stereocenters. The number of anilines is 1. The van der Waals surface area contributed by atoms with Crippen molar-refractivity contribution >= 4 is 17.5 Å². The van der Waals surface area contributed by atoms with Gasteiger partial charge in [-0.15, -0.1) is 0 Å². The Hall–Kier alpha value is -2.16. The Morgan fingerprint density at radius 2 is 1.78 bits per heavy atom. The molecule has 4 rings (SSSR count). The number of amides is 2. The van der Waals surface area contributed by atoms with E-state index in [1.54, 1.807) is 25.3 Å². The highest BCUT2D eigenvalue weighted by Crippen LogP contribution is 2.38. The number of carbonyl (C=O) groups is 2. The number of rotatable bonds is 4. The average Bonchev–Trinajstić information content (AvgIpc) is 3.26. The standard InChI is InChI=1S/C19H24N2O6/c1-24-13-3-4-16(25-2)14(11-13)21-17(22)12-15(18(21)23)20-7-5-19(6-8-20)26-9-10-27-19/h3-4,11,15H,5-10,12H2,1-2H3/t15-/m0/s1. The molecule has 27 heavy (non-hydrogen) atoms. The average molecular weight is 376 g/mol. The van der Waals surface area contributed by atoms with E-state index in [1.807, 2.05) is 0 Å². The van der Waals surface area contributed by atoms with Gasteiger partial charge in [0.25, 0.3) is 5.91 Å². The number of methoxy groups -OCH3 is 2. The van der Waals surface area contributed by atoms with Crippen LogP contribution in [0.1, 0.15) is 19.3 Å². The van der Waals surface area contributed by atoms with E-state index in [4.69, 9.17) is 18.9 Å². The van der Waals surface area contributed by atoms with E-state index in [2.05, 4.69) is 4.90 Å². The zero-order chi connectivity index (χ0) is 19.0. The van der Waals surface area contributed by atoms with E-state index in [1.165, 1.54) is 12.0 Å². The number of hydrogen-bond acceptors (Lipinski definition) is 7. The van der Waals surface area contributed by atoms with Gasteiger partial charge < -0.3 is 18.9 Å². The normalized spacial score (nSPS) is 25.4. The number of carbonyl (C=O) groups excluding carboxylic acids is 2. The van der Waals surface area contributed by atoms with Crippen LogP contribution in [0.4, 0.5) is 5.69 Å². The summed E-state index contributed by atoms with van der Waals surface area (Å²) >= 11 is 0. The lowest BCUT2D eigenvalue weighted by molar-refractivity contribution is -0.188. The Morgan fingerprint density at radius 1 is 1.07 bits per heavy atom. The maximum absolute atomic E-state index is 13.1. The van der Waals surface area contributed by atoms with Crippen molar-refractivity contribution in [3.05, 3.63) is 18.2 Å². The first-order chi connectivity index (χ1) is 13.1. The molecule has 0 aliphatic carbocycles. The van der Waals surface area contributed by atoms with Gasteiger partial charge in [-0.05, 0) is 12.1 Å².